The largest absolute Gasteiger partial charge is 0.344 e. The van der Waals surface area contributed by atoms with E-state index in [9.17, 15) is 4.79 Å². The van der Waals surface area contributed by atoms with Gasteiger partial charge in [0.2, 0.25) is 5.91 Å². The molecule has 3 heteroatoms. The fourth-order valence-electron chi connectivity index (χ4n) is 3.32. The molecular formula is C19H30N2O. The number of rotatable bonds is 6. The molecule has 1 aromatic carbocycles. The average molecular weight is 302 g/mol. The maximum absolute atomic E-state index is 12.4. The Kier molecular flexibility index (Phi) is 6.44. The average Bonchev–Trinajstić information content (AvgIpc) is 2.55. The van der Waals surface area contributed by atoms with Gasteiger partial charge in [0.25, 0.3) is 0 Å². The van der Waals surface area contributed by atoms with Crippen molar-refractivity contribution in [1.29, 1.82) is 0 Å². The van der Waals surface area contributed by atoms with Crippen LogP contribution in [0.25, 0.3) is 0 Å². The van der Waals surface area contributed by atoms with E-state index >= 15 is 0 Å². The third-order valence-electron chi connectivity index (χ3n) is 5.01. The number of carbonyl (C=O) groups excluding carboxylic acids is 1. The lowest BCUT2D eigenvalue weighted by Gasteiger charge is -2.30. The highest BCUT2D eigenvalue weighted by molar-refractivity contribution is 5.78. The summed E-state index contributed by atoms with van der Waals surface area (Å²) < 4.78 is 0. The molecule has 2 rings (SSSR count). The Bertz CT molecular complexity index is 454. The monoisotopic (exact) mass is 302 g/mol. The fourth-order valence-corrected chi connectivity index (χ4v) is 3.32. The quantitative estimate of drug-likeness (QED) is 0.799. The van der Waals surface area contributed by atoms with Crippen LogP contribution in [0.2, 0.25) is 0 Å². The molecule has 0 aromatic heterocycles. The summed E-state index contributed by atoms with van der Waals surface area (Å²) >= 11 is 0. The SMILES string of the molecule is CC(c1ccccc1)N(C)CC(=O)N(C)CC1CCCCC1. The molecule has 0 bridgehead atoms. The second kappa shape index (κ2) is 8.33. The molecule has 1 unspecified atom stereocenters. The summed E-state index contributed by atoms with van der Waals surface area (Å²) in [5.41, 5.74) is 1.26. The molecule has 0 saturated heterocycles. The molecule has 1 aromatic rings. The van der Waals surface area contributed by atoms with Crippen molar-refractivity contribution in [1.82, 2.24) is 9.80 Å². The topological polar surface area (TPSA) is 23.6 Å². The molecule has 1 atom stereocenters. The van der Waals surface area contributed by atoms with E-state index in [0.717, 1.165) is 6.54 Å². The third-order valence-corrected chi connectivity index (χ3v) is 5.01. The summed E-state index contributed by atoms with van der Waals surface area (Å²) in [4.78, 5) is 16.5. The molecular weight excluding hydrogens is 272 g/mol. The lowest BCUT2D eigenvalue weighted by atomic mass is 9.89. The van der Waals surface area contributed by atoms with Gasteiger partial charge in [0.05, 0.1) is 6.54 Å². The van der Waals surface area contributed by atoms with Crippen LogP contribution in [0.4, 0.5) is 0 Å². The highest BCUT2D eigenvalue weighted by Crippen LogP contribution is 2.24. The van der Waals surface area contributed by atoms with E-state index < -0.39 is 0 Å². The van der Waals surface area contributed by atoms with Gasteiger partial charge in [-0.2, -0.15) is 0 Å². The number of carbonyl (C=O) groups is 1. The molecule has 0 spiro atoms. The van der Waals surface area contributed by atoms with Gasteiger partial charge in [0.1, 0.15) is 0 Å². The lowest BCUT2D eigenvalue weighted by molar-refractivity contribution is -0.132. The van der Waals surface area contributed by atoms with Crippen LogP contribution in [0.3, 0.4) is 0 Å². The van der Waals surface area contributed by atoms with E-state index in [-0.39, 0.29) is 11.9 Å². The molecule has 0 heterocycles. The number of benzene rings is 1. The predicted octanol–water partition coefficient (Wildman–Crippen LogP) is 3.72. The van der Waals surface area contributed by atoms with Gasteiger partial charge in [-0.05, 0) is 38.3 Å². The Balaban J connectivity index is 1.82. The van der Waals surface area contributed by atoms with E-state index in [2.05, 4.69) is 36.1 Å². The molecule has 1 amide bonds. The summed E-state index contributed by atoms with van der Waals surface area (Å²) in [6.45, 7) is 3.56. The van der Waals surface area contributed by atoms with Crippen LogP contribution in [0, 0.1) is 5.92 Å². The zero-order valence-corrected chi connectivity index (χ0v) is 14.3. The molecule has 0 radical (unpaired) electrons. The maximum atomic E-state index is 12.4. The fraction of sp³-hybridized carbons (Fsp3) is 0.632. The summed E-state index contributed by atoms with van der Waals surface area (Å²) in [5.74, 6) is 0.940. The van der Waals surface area contributed by atoms with Gasteiger partial charge in [0.15, 0.2) is 0 Å². The van der Waals surface area contributed by atoms with E-state index in [4.69, 9.17) is 0 Å². The normalized spacial score (nSPS) is 17.5. The van der Waals surface area contributed by atoms with Crippen molar-refractivity contribution in [2.24, 2.45) is 5.92 Å². The van der Waals surface area contributed by atoms with E-state index in [1.165, 1.54) is 37.7 Å². The molecule has 3 nitrogen and oxygen atoms in total. The smallest absolute Gasteiger partial charge is 0.236 e. The maximum Gasteiger partial charge on any atom is 0.236 e. The molecule has 1 saturated carbocycles. The van der Waals surface area contributed by atoms with Crippen LogP contribution in [0.1, 0.15) is 50.6 Å². The van der Waals surface area contributed by atoms with Crippen molar-refractivity contribution in [3.63, 3.8) is 0 Å². The van der Waals surface area contributed by atoms with Crippen LogP contribution < -0.4 is 0 Å². The van der Waals surface area contributed by atoms with E-state index in [1.54, 1.807) is 0 Å². The van der Waals surface area contributed by atoms with Gasteiger partial charge in [-0.25, -0.2) is 0 Å². The minimum absolute atomic E-state index is 0.232. The number of likely N-dealkylation sites (N-methyl/N-ethyl adjacent to an activating group) is 2. The Morgan fingerprint density at radius 1 is 1.14 bits per heavy atom. The first-order valence-electron chi connectivity index (χ1n) is 8.57. The summed E-state index contributed by atoms with van der Waals surface area (Å²) in [6, 6.07) is 10.6. The van der Waals surface area contributed by atoms with Gasteiger partial charge >= 0.3 is 0 Å². The van der Waals surface area contributed by atoms with Crippen LogP contribution in [-0.2, 0) is 4.79 Å². The number of nitrogens with zero attached hydrogens (tertiary/aromatic N) is 2. The standard InChI is InChI=1S/C19H30N2O/c1-16(18-12-8-5-9-13-18)20(2)15-19(22)21(3)14-17-10-6-4-7-11-17/h5,8-9,12-13,16-17H,4,6-7,10-11,14-15H2,1-3H3. The van der Waals surface area contributed by atoms with Crippen molar-refractivity contribution >= 4 is 5.91 Å². The molecule has 1 fully saturated rings. The minimum Gasteiger partial charge on any atom is -0.344 e. The first kappa shape index (κ1) is 17.0. The number of hydrogen-bond donors (Lipinski definition) is 0. The predicted molar refractivity (Wildman–Crippen MR) is 91.7 cm³/mol. The minimum atomic E-state index is 0.232. The van der Waals surface area contributed by atoms with Crippen molar-refractivity contribution < 1.29 is 4.79 Å². The van der Waals surface area contributed by atoms with Gasteiger partial charge < -0.3 is 4.90 Å². The lowest BCUT2D eigenvalue weighted by Crippen LogP contribution is -2.40. The van der Waals surface area contributed by atoms with E-state index in [1.807, 2.05) is 25.1 Å². The highest BCUT2D eigenvalue weighted by atomic mass is 16.2. The van der Waals surface area contributed by atoms with Gasteiger partial charge in [-0.15, -0.1) is 0 Å². The molecule has 0 aliphatic heterocycles. The van der Waals surface area contributed by atoms with Crippen molar-refractivity contribution in [3.8, 4) is 0 Å². The summed E-state index contributed by atoms with van der Waals surface area (Å²) in [6.07, 6.45) is 6.60. The van der Waals surface area contributed by atoms with Crippen LogP contribution >= 0.6 is 0 Å². The Morgan fingerprint density at radius 3 is 2.41 bits per heavy atom. The van der Waals surface area contributed by atoms with Gasteiger partial charge in [0, 0.05) is 19.6 Å². The van der Waals surface area contributed by atoms with Crippen LogP contribution in [0.15, 0.2) is 30.3 Å². The zero-order valence-electron chi connectivity index (χ0n) is 14.3. The summed E-state index contributed by atoms with van der Waals surface area (Å²) in [5, 5.41) is 0. The number of hydrogen-bond acceptors (Lipinski definition) is 2. The Morgan fingerprint density at radius 2 is 1.77 bits per heavy atom. The van der Waals surface area contributed by atoms with Gasteiger partial charge in [-0.3, -0.25) is 9.69 Å². The van der Waals surface area contributed by atoms with Crippen molar-refractivity contribution in [2.75, 3.05) is 27.2 Å². The second-order valence-corrected chi connectivity index (χ2v) is 6.78. The molecule has 22 heavy (non-hydrogen) atoms. The van der Waals surface area contributed by atoms with Crippen LogP contribution in [-0.4, -0.2) is 42.9 Å². The Hall–Kier alpha value is -1.35. The second-order valence-electron chi connectivity index (χ2n) is 6.78. The molecule has 1 aliphatic carbocycles. The third kappa shape index (κ3) is 4.84. The van der Waals surface area contributed by atoms with E-state index in [0.29, 0.717) is 12.5 Å². The molecule has 1 aliphatic rings. The van der Waals surface area contributed by atoms with Gasteiger partial charge in [-0.1, -0.05) is 49.6 Å². The van der Waals surface area contributed by atoms with Crippen LogP contribution in [0.5, 0.6) is 0 Å². The number of amides is 1. The highest BCUT2D eigenvalue weighted by Gasteiger charge is 2.20. The zero-order chi connectivity index (χ0) is 15.9. The summed E-state index contributed by atoms with van der Waals surface area (Å²) in [7, 11) is 3.99. The van der Waals surface area contributed by atoms with Crippen molar-refractivity contribution in [2.45, 2.75) is 45.1 Å². The first-order chi connectivity index (χ1) is 10.6. The molecule has 122 valence electrons. The Labute approximate surface area is 135 Å². The first-order valence-corrected chi connectivity index (χ1v) is 8.57. The van der Waals surface area contributed by atoms with Crippen molar-refractivity contribution in [3.05, 3.63) is 35.9 Å². The molecule has 0 N–H and O–H groups in total.